The zero-order valence-corrected chi connectivity index (χ0v) is 13.6. The fourth-order valence-corrected chi connectivity index (χ4v) is 3.65. The minimum absolute atomic E-state index is 0.473. The molecule has 3 nitrogen and oxygen atoms in total. The third-order valence-corrected chi connectivity index (χ3v) is 4.93. The highest BCUT2D eigenvalue weighted by Crippen LogP contribution is 2.41. The maximum Gasteiger partial charge on any atom is 0.179 e. The molecule has 0 amide bonds. The molecule has 1 N–H and O–H groups in total. The molecule has 1 fully saturated rings. The molecule has 0 bridgehead atoms. The summed E-state index contributed by atoms with van der Waals surface area (Å²) in [5, 5.41) is 0. The summed E-state index contributed by atoms with van der Waals surface area (Å²) in [6.07, 6.45) is 6.72. The fraction of sp³-hybridized carbons (Fsp3) is 0.571. The number of nitrogens with one attached hydrogen (secondary N) is 1. The van der Waals surface area contributed by atoms with E-state index >= 15 is 0 Å². The lowest BCUT2D eigenvalue weighted by molar-refractivity contribution is 0.195. The van der Waals surface area contributed by atoms with Crippen LogP contribution in [0.3, 0.4) is 0 Å². The van der Waals surface area contributed by atoms with Gasteiger partial charge in [-0.15, -0.1) is 0 Å². The van der Waals surface area contributed by atoms with Crippen LogP contribution < -0.4 is 0 Å². The normalized spacial score (nSPS) is 19.9. The smallest absolute Gasteiger partial charge is 0.179 e. The Balaban J connectivity index is 2.01. The number of rotatable bonds is 1. The summed E-state index contributed by atoms with van der Waals surface area (Å²) in [6, 6.07) is 2.53. The van der Waals surface area contributed by atoms with Crippen molar-refractivity contribution >= 4 is 39.3 Å². The van der Waals surface area contributed by atoms with Crippen LogP contribution in [-0.4, -0.2) is 14.5 Å². The number of hydrogen-bond donors (Lipinski definition) is 1. The lowest BCUT2D eigenvalue weighted by Gasteiger charge is -2.34. The Bertz CT molecular complexity index is 661. The molecule has 0 unspecified atom stereocenters. The van der Waals surface area contributed by atoms with Crippen LogP contribution in [0, 0.1) is 10.2 Å². The third-order valence-electron chi connectivity index (χ3n) is 4.20. The Kier molecular flexibility index (Phi) is 3.29. The molecule has 3 rings (SSSR count). The summed E-state index contributed by atoms with van der Waals surface area (Å²) >= 11 is 8.94. The SMILES string of the molecule is CC1(C)CCC(n2c(=S)[nH]c3cc(Br)cnc32)CC1. The lowest BCUT2D eigenvalue weighted by atomic mass is 9.75. The average molecular weight is 340 g/mol. The molecule has 1 saturated carbocycles. The van der Waals surface area contributed by atoms with E-state index < -0.39 is 0 Å². The van der Waals surface area contributed by atoms with E-state index in [1.807, 2.05) is 12.3 Å². The van der Waals surface area contributed by atoms with Crippen molar-refractivity contribution in [1.29, 1.82) is 0 Å². The molecule has 5 heteroatoms. The largest absolute Gasteiger partial charge is 0.329 e. The van der Waals surface area contributed by atoms with E-state index in [9.17, 15) is 0 Å². The number of imidazole rings is 1. The van der Waals surface area contributed by atoms with Crippen molar-refractivity contribution in [3.8, 4) is 0 Å². The Morgan fingerprint density at radius 2 is 2.11 bits per heavy atom. The molecule has 19 heavy (non-hydrogen) atoms. The molecule has 0 atom stereocenters. The zero-order chi connectivity index (χ0) is 13.6. The molecule has 2 aromatic rings. The molecule has 2 heterocycles. The van der Waals surface area contributed by atoms with Crippen molar-refractivity contribution in [2.45, 2.75) is 45.6 Å². The molecule has 0 aliphatic heterocycles. The van der Waals surface area contributed by atoms with Gasteiger partial charge in [-0.2, -0.15) is 0 Å². The van der Waals surface area contributed by atoms with Gasteiger partial charge in [0.05, 0.1) is 5.52 Å². The summed E-state index contributed by atoms with van der Waals surface area (Å²) in [4.78, 5) is 7.80. The van der Waals surface area contributed by atoms with Crippen molar-refractivity contribution in [2.24, 2.45) is 5.41 Å². The standard InChI is InChI=1S/C14H18BrN3S/c1-14(2)5-3-10(4-6-14)18-12-11(17-13(18)19)7-9(15)8-16-12/h7-8,10H,3-6H2,1-2H3,(H,17,19). The predicted octanol–water partition coefficient (Wildman–Crippen LogP) is 5.00. The number of nitrogens with zero attached hydrogens (tertiary/aromatic N) is 2. The zero-order valence-electron chi connectivity index (χ0n) is 11.2. The summed E-state index contributed by atoms with van der Waals surface area (Å²) in [5.74, 6) is 0. The highest BCUT2D eigenvalue weighted by molar-refractivity contribution is 9.10. The second kappa shape index (κ2) is 4.70. The molecule has 0 spiro atoms. The number of hydrogen-bond acceptors (Lipinski definition) is 2. The first-order chi connectivity index (χ1) is 8.96. The van der Waals surface area contributed by atoms with Crippen LogP contribution in [0.15, 0.2) is 16.7 Å². The number of aromatic amines is 1. The van der Waals surface area contributed by atoms with Gasteiger partial charge in [0.2, 0.25) is 0 Å². The quantitative estimate of drug-likeness (QED) is 0.742. The summed E-state index contributed by atoms with van der Waals surface area (Å²) in [6.45, 7) is 4.71. The van der Waals surface area contributed by atoms with E-state index in [2.05, 4.69) is 44.3 Å². The van der Waals surface area contributed by atoms with Gasteiger partial charge in [-0.1, -0.05) is 13.8 Å². The van der Waals surface area contributed by atoms with Crippen LogP contribution in [0.5, 0.6) is 0 Å². The topological polar surface area (TPSA) is 33.6 Å². The van der Waals surface area contributed by atoms with Crippen LogP contribution in [0.2, 0.25) is 0 Å². The lowest BCUT2D eigenvalue weighted by Crippen LogP contribution is -2.23. The second-order valence-corrected chi connectivity index (χ2v) is 7.52. The van der Waals surface area contributed by atoms with Gasteiger partial charge in [-0.25, -0.2) is 4.98 Å². The van der Waals surface area contributed by atoms with E-state index in [-0.39, 0.29) is 0 Å². The second-order valence-electron chi connectivity index (χ2n) is 6.22. The molecule has 0 saturated heterocycles. The minimum Gasteiger partial charge on any atom is -0.329 e. The Hall–Kier alpha value is -0.680. The fourth-order valence-electron chi connectivity index (χ4n) is 2.97. The maximum atomic E-state index is 5.49. The van der Waals surface area contributed by atoms with Crippen molar-refractivity contribution in [3.05, 3.63) is 21.5 Å². The van der Waals surface area contributed by atoms with Crippen LogP contribution in [0.25, 0.3) is 11.2 Å². The average Bonchev–Trinajstić information content (AvgIpc) is 2.65. The van der Waals surface area contributed by atoms with Gasteiger partial charge in [0.15, 0.2) is 10.4 Å². The van der Waals surface area contributed by atoms with Gasteiger partial charge < -0.3 is 4.98 Å². The van der Waals surface area contributed by atoms with Gasteiger partial charge >= 0.3 is 0 Å². The summed E-state index contributed by atoms with van der Waals surface area (Å²) in [5.41, 5.74) is 2.48. The van der Waals surface area contributed by atoms with Crippen molar-refractivity contribution in [1.82, 2.24) is 14.5 Å². The van der Waals surface area contributed by atoms with Crippen LogP contribution >= 0.6 is 28.1 Å². The van der Waals surface area contributed by atoms with Crippen molar-refractivity contribution < 1.29 is 0 Å². The Morgan fingerprint density at radius 1 is 1.42 bits per heavy atom. The predicted molar refractivity (Wildman–Crippen MR) is 83.9 cm³/mol. The van der Waals surface area contributed by atoms with E-state index in [1.165, 1.54) is 25.7 Å². The van der Waals surface area contributed by atoms with Gasteiger partial charge in [0.1, 0.15) is 0 Å². The van der Waals surface area contributed by atoms with Crippen LogP contribution in [0.1, 0.15) is 45.6 Å². The summed E-state index contributed by atoms with van der Waals surface area (Å²) < 4.78 is 3.99. The first-order valence-corrected chi connectivity index (χ1v) is 7.92. The minimum atomic E-state index is 0.473. The number of H-pyrrole nitrogens is 1. The van der Waals surface area contributed by atoms with Crippen molar-refractivity contribution in [3.63, 3.8) is 0 Å². The highest BCUT2D eigenvalue weighted by atomic mass is 79.9. The first-order valence-electron chi connectivity index (χ1n) is 6.72. The Morgan fingerprint density at radius 3 is 2.79 bits per heavy atom. The molecule has 1 aliphatic rings. The van der Waals surface area contributed by atoms with Crippen LogP contribution in [0.4, 0.5) is 0 Å². The number of halogens is 1. The number of pyridine rings is 1. The Labute approximate surface area is 126 Å². The van der Waals surface area contributed by atoms with E-state index in [1.54, 1.807) is 0 Å². The first kappa shape index (κ1) is 13.3. The molecule has 1 aliphatic carbocycles. The van der Waals surface area contributed by atoms with Gasteiger partial charge in [-0.05, 0) is 65.3 Å². The van der Waals surface area contributed by atoms with E-state index in [0.29, 0.717) is 11.5 Å². The van der Waals surface area contributed by atoms with Crippen molar-refractivity contribution in [2.75, 3.05) is 0 Å². The molecule has 0 radical (unpaired) electrons. The summed E-state index contributed by atoms with van der Waals surface area (Å²) in [7, 11) is 0. The maximum absolute atomic E-state index is 5.49. The van der Waals surface area contributed by atoms with Gasteiger partial charge in [0, 0.05) is 16.7 Å². The monoisotopic (exact) mass is 339 g/mol. The third kappa shape index (κ3) is 2.50. The molecule has 102 valence electrons. The highest BCUT2D eigenvalue weighted by Gasteiger charge is 2.29. The van der Waals surface area contributed by atoms with E-state index in [4.69, 9.17) is 12.2 Å². The van der Waals surface area contributed by atoms with E-state index in [0.717, 1.165) is 20.4 Å². The number of fused-ring (bicyclic) bond motifs is 1. The molecular weight excluding hydrogens is 322 g/mol. The molecular formula is C14H18BrN3S. The molecule has 2 aromatic heterocycles. The molecule has 0 aromatic carbocycles. The van der Waals surface area contributed by atoms with Gasteiger partial charge in [0.25, 0.3) is 0 Å². The van der Waals surface area contributed by atoms with Crippen LogP contribution in [-0.2, 0) is 0 Å². The van der Waals surface area contributed by atoms with Gasteiger partial charge in [-0.3, -0.25) is 4.57 Å². The number of aromatic nitrogens is 3.